The average Bonchev–Trinajstić information content (AvgIpc) is 3.07. The quantitative estimate of drug-likeness (QED) is 0.556. The molecule has 0 radical (unpaired) electrons. The molecule has 0 aliphatic heterocycles. The number of carbonyl (C=O) groups is 1. The molecule has 1 aromatic heterocycles. The van der Waals surface area contributed by atoms with E-state index in [0.717, 1.165) is 19.8 Å². The van der Waals surface area contributed by atoms with Crippen molar-refractivity contribution in [2.24, 2.45) is 0 Å². The van der Waals surface area contributed by atoms with E-state index in [-0.39, 0.29) is 12.4 Å². The molecule has 6 nitrogen and oxygen atoms in total. The minimum absolute atomic E-state index is 0.0147. The molecule has 3 rings (SSSR count). The van der Waals surface area contributed by atoms with E-state index in [1.54, 1.807) is 0 Å². The zero-order chi connectivity index (χ0) is 20.1. The molecule has 1 atom stereocenters. The van der Waals surface area contributed by atoms with Crippen LogP contribution in [0.3, 0.4) is 0 Å². The SMILES string of the molecule is Cc1nnc(Sc2ccc(NC(=O)NCC(O)c3ccc(F)cc3)c(C)c2)s1. The van der Waals surface area contributed by atoms with Gasteiger partial charge in [0.2, 0.25) is 0 Å². The Bertz CT molecular complexity index is 963. The van der Waals surface area contributed by atoms with Gasteiger partial charge in [0, 0.05) is 17.1 Å². The third-order valence-corrected chi connectivity index (χ3v) is 5.75. The van der Waals surface area contributed by atoms with Gasteiger partial charge in [-0.3, -0.25) is 0 Å². The fourth-order valence-corrected chi connectivity index (χ4v) is 4.31. The highest BCUT2D eigenvalue weighted by Gasteiger charge is 2.11. The summed E-state index contributed by atoms with van der Waals surface area (Å²) in [6.45, 7) is 3.82. The van der Waals surface area contributed by atoms with E-state index in [2.05, 4.69) is 20.8 Å². The molecular formula is C19H19FN4O2S2. The maximum absolute atomic E-state index is 12.9. The Balaban J connectivity index is 1.54. The maximum atomic E-state index is 12.9. The number of aliphatic hydroxyl groups is 1. The molecule has 1 unspecified atom stereocenters. The monoisotopic (exact) mass is 418 g/mol. The number of hydrogen-bond donors (Lipinski definition) is 3. The number of nitrogens with zero attached hydrogens (tertiary/aromatic N) is 2. The molecule has 0 aliphatic rings. The lowest BCUT2D eigenvalue weighted by atomic mass is 10.1. The number of halogens is 1. The number of nitrogens with one attached hydrogen (secondary N) is 2. The van der Waals surface area contributed by atoms with Gasteiger partial charge in [0.15, 0.2) is 4.34 Å². The van der Waals surface area contributed by atoms with Gasteiger partial charge in [-0.05, 0) is 55.3 Å². The van der Waals surface area contributed by atoms with Crippen molar-refractivity contribution >= 4 is 34.8 Å². The second-order valence-electron chi connectivity index (χ2n) is 6.07. The van der Waals surface area contributed by atoms with Crippen LogP contribution in [-0.2, 0) is 0 Å². The normalized spacial score (nSPS) is 11.9. The first-order chi connectivity index (χ1) is 13.4. The van der Waals surface area contributed by atoms with Crippen LogP contribution in [0.25, 0.3) is 0 Å². The summed E-state index contributed by atoms with van der Waals surface area (Å²) in [4.78, 5) is 13.1. The van der Waals surface area contributed by atoms with E-state index < -0.39 is 12.1 Å². The summed E-state index contributed by atoms with van der Waals surface area (Å²) in [5.74, 6) is -0.375. The van der Waals surface area contributed by atoms with Crippen LogP contribution in [0.4, 0.5) is 14.9 Å². The Morgan fingerprint density at radius 1 is 1.21 bits per heavy atom. The molecule has 146 valence electrons. The lowest BCUT2D eigenvalue weighted by molar-refractivity contribution is 0.175. The van der Waals surface area contributed by atoms with E-state index in [0.29, 0.717) is 11.3 Å². The number of urea groups is 1. The van der Waals surface area contributed by atoms with E-state index in [9.17, 15) is 14.3 Å². The zero-order valence-corrected chi connectivity index (χ0v) is 16.9. The molecule has 0 bridgehead atoms. The number of hydrogen-bond acceptors (Lipinski definition) is 6. The van der Waals surface area contributed by atoms with Gasteiger partial charge in [-0.1, -0.05) is 35.2 Å². The predicted octanol–water partition coefficient (Wildman–Crippen LogP) is 4.30. The molecule has 0 saturated heterocycles. The third-order valence-electron chi connectivity index (χ3n) is 3.87. The van der Waals surface area contributed by atoms with Crippen molar-refractivity contribution in [1.82, 2.24) is 15.5 Å². The Morgan fingerprint density at radius 3 is 2.61 bits per heavy atom. The first-order valence-corrected chi connectivity index (χ1v) is 10.1. The van der Waals surface area contributed by atoms with Gasteiger partial charge in [-0.2, -0.15) is 0 Å². The number of aromatic nitrogens is 2. The Hall–Kier alpha value is -2.49. The molecule has 2 amide bonds. The molecule has 9 heteroatoms. The second kappa shape index (κ2) is 9.13. The number of anilines is 1. The lowest BCUT2D eigenvalue weighted by Gasteiger charge is -2.14. The minimum Gasteiger partial charge on any atom is -0.387 e. The van der Waals surface area contributed by atoms with E-state index in [1.807, 2.05) is 32.0 Å². The van der Waals surface area contributed by atoms with Crippen LogP contribution < -0.4 is 10.6 Å². The topological polar surface area (TPSA) is 87.1 Å². The largest absolute Gasteiger partial charge is 0.387 e. The van der Waals surface area contributed by atoms with Crippen LogP contribution in [0.15, 0.2) is 51.7 Å². The van der Waals surface area contributed by atoms with Crippen molar-refractivity contribution in [3.63, 3.8) is 0 Å². The molecule has 0 fully saturated rings. The summed E-state index contributed by atoms with van der Waals surface area (Å²) in [5, 5.41) is 24.5. The summed E-state index contributed by atoms with van der Waals surface area (Å²) >= 11 is 3.05. The molecule has 1 heterocycles. The van der Waals surface area contributed by atoms with Crippen molar-refractivity contribution < 1.29 is 14.3 Å². The highest BCUT2D eigenvalue weighted by molar-refractivity contribution is 8.01. The first-order valence-electron chi connectivity index (χ1n) is 8.47. The highest BCUT2D eigenvalue weighted by atomic mass is 32.2. The molecule has 3 N–H and O–H groups in total. The van der Waals surface area contributed by atoms with Gasteiger partial charge in [-0.15, -0.1) is 10.2 Å². The van der Waals surface area contributed by atoms with Crippen molar-refractivity contribution in [2.45, 2.75) is 29.2 Å². The number of rotatable bonds is 6. The van der Waals surface area contributed by atoms with Crippen LogP contribution in [-0.4, -0.2) is 27.9 Å². The van der Waals surface area contributed by atoms with Gasteiger partial charge in [0.25, 0.3) is 0 Å². The molecule has 2 aromatic carbocycles. The van der Waals surface area contributed by atoms with E-state index in [4.69, 9.17) is 0 Å². The zero-order valence-electron chi connectivity index (χ0n) is 15.3. The van der Waals surface area contributed by atoms with Crippen LogP contribution >= 0.6 is 23.1 Å². The summed E-state index contributed by atoms with van der Waals surface area (Å²) in [5.41, 5.74) is 2.11. The van der Waals surface area contributed by atoms with Gasteiger partial charge < -0.3 is 15.7 Å². The van der Waals surface area contributed by atoms with Crippen molar-refractivity contribution in [3.05, 3.63) is 64.4 Å². The van der Waals surface area contributed by atoms with Crippen molar-refractivity contribution in [1.29, 1.82) is 0 Å². The Morgan fingerprint density at radius 2 is 1.96 bits per heavy atom. The fraction of sp³-hybridized carbons (Fsp3) is 0.211. The molecule has 28 heavy (non-hydrogen) atoms. The Labute approximate surface area is 170 Å². The Kier molecular flexibility index (Phi) is 6.61. The maximum Gasteiger partial charge on any atom is 0.319 e. The summed E-state index contributed by atoms with van der Waals surface area (Å²) in [6.07, 6.45) is -0.915. The number of aliphatic hydroxyl groups excluding tert-OH is 1. The summed E-state index contributed by atoms with van der Waals surface area (Å²) in [7, 11) is 0. The van der Waals surface area contributed by atoms with Gasteiger partial charge in [0.1, 0.15) is 10.8 Å². The van der Waals surface area contributed by atoms with Crippen LogP contribution in [0.1, 0.15) is 22.2 Å². The number of carbonyl (C=O) groups excluding carboxylic acids is 1. The first kappa shape index (κ1) is 20.2. The number of benzene rings is 2. The molecular weight excluding hydrogens is 399 g/mol. The predicted molar refractivity (Wildman–Crippen MR) is 108 cm³/mol. The molecule has 3 aromatic rings. The van der Waals surface area contributed by atoms with Gasteiger partial charge >= 0.3 is 6.03 Å². The van der Waals surface area contributed by atoms with Crippen molar-refractivity contribution in [3.8, 4) is 0 Å². The second-order valence-corrected chi connectivity index (χ2v) is 8.57. The number of amides is 2. The van der Waals surface area contributed by atoms with E-state index in [1.165, 1.54) is 47.4 Å². The van der Waals surface area contributed by atoms with Crippen LogP contribution in [0, 0.1) is 19.7 Å². The fourth-order valence-electron chi connectivity index (χ4n) is 2.42. The smallest absolute Gasteiger partial charge is 0.319 e. The van der Waals surface area contributed by atoms with Crippen LogP contribution in [0.5, 0.6) is 0 Å². The minimum atomic E-state index is -0.915. The summed E-state index contributed by atoms with van der Waals surface area (Å²) in [6, 6.07) is 10.8. The average molecular weight is 419 g/mol. The van der Waals surface area contributed by atoms with Crippen LogP contribution in [0.2, 0.25) is 0 Å². The van der Waals surface area contributed by atoms with Gasteiger partial charge in [0.05, 0.1) is 6.10 Å². The van der Waals surface area contributed by atoms with Crippen molar-refractivity contribution in [2.75, 3.05) is 11.9 Å². The van der Waals surface area contributed by atoms with Gasteiger partial charge in [-0.25, -0.2) is 9.18 Å². The highest BCUT2D eigenvalue weighted by Crippen LogP contribution is 2.32. The lowest BCUT2D eigenvalue weighted by Crippen LogP contribution is -2.32. The molecule has 0 aliphatic carbocycles. The third kappa shape index (κ3) is 5.51. The molecule has 0 spiro atoms. The van der Waals surface area contributed by atoms with E-state index >= 15 is 0 Å². The standard InChI is InChI=1S/C19H19FN4O2S2/c1-11-9-15(28-19-24-23-12(2)27-19)7-8-16(11)22-18(26)21-10-17(25)13-3-5-14(20)6-4-13/h3-9,17,25H,10H2,1-2H3,(H2,21,22,26). The summed E-state index contributed by atoms with van der Waals surface area (Å²) < 4.78 is 13.8. The number of aryl methyl sites for hydroxylation is 2. The molecule has 0 saturated carbocycles.